The van der Waals surface area contributed by atoms with Gasteiger partial charge in [0.25, 0.3) is 0 Å². The van der Waals surface area contributed by atoms with Crippen LogP contribution in [0.4, 0.5) is 0 Å². The Balaban J connectivity index is 1.89. The van der Waals surface area contributed by atoms with Crippen LogP contribution in [0, 0.1) is 17.3 Å². The van der Waals surface area contributed by atoms with Crippen molar-refractivity contribution in [3.8, 4) is 0 Å². The third kappa shape index (κ3) is 3.46. The fourth-order valence-electron chi connectivity index (χ4n) is 3.66. The zero-order valence-electron chi connectivity index (χ0n) is 11.8. The molecule has 1 saturated heterocycles. The predicted octanol–water partition coefficient (Wildman–Crippen LogP) is 1.88. The molecule has 106 valence electrons. The molecule has 1 heterocycles. The number of nitrogens with zero attached hydrogens (tertiary/aromatic N) is 1. The number of hydrogen-bond donors (Lipinski definition) is 2. The predicted molar refractivity (Wildman–Crippen MR) is 73.4 cm³/mol. The van der Waals surface area contributed by atoms with Crippen LogP contribution in [-0.4, -0.2) is 48.0 Å². The molecule has 0 radical (unpaired) electrons. The molecule has 2 rings (SSSR count). The molecular weight excluding hydrogens is 226 g/mol. The van der Waals surface area contributed by atoms with Gasteiger partial charge < -0.3 is 15.1 Å². The largest absolute Gasteiger partial charge is 0.396 e. The molecule has 1 aliphatic heterocycles. The number of likely N-dealkylation sites (tertiary alicyclic amines) is 1. The van der Waals surface area contributed by atoms with Gasteiger partial charge in [0, 0.05) is 31.7 Å². The highest BCUT2D eigenvalue weighted by Crippen LogP contribution is 2.39. The lowest BCUT2D eigenvalue weighted by atomic mass is 9.71. The van der Waals surface area contributed by atoms with E-state index in [1.54, 1.807) is 0 Å². The molecule has 2 fully saturated rings. The maximum absolute atomic E-state index is 9.81. The Morgan fingerprint density at radius 1 is 1.17 bits per heavy atom. The first-order chi connectivity index (χ1) is 8.67. The molecule has 2 N–H and O–H groups in total. The summed E-state index contributed by atoms with van der Waals surface area (Å²) < 4.78 is 0. The molecule has 0 bridgehead atoms. The van der Waals surface area contributed by atoms with Crippen LogP contribution < -0.4 is 0 Å². The topological polar surface area (TPSA) is 43.7 Å². The molecule has 1 unspecified atom stereocenters. The number of rotatable bonds is 4. The van der Waals surface area contributed by atoms with Crippen molar-refractivity contribution in [1.29, 1.82) is 0 Å². The maximum atomic E-state index is 9.81. The third-order valence-corrected chi connectivity index (χ3v) is 5.09. The minimum absolute atomic E-state index is 0.143. The van der Waals surface area contributed by atoms with E-state index in [1.165, 1.54) is 32.1 Å². The summed E-state index contributed by atoms with van der Waals surface area (Å²) in [6, 6.07) is 0. The van der Waals surface area contributed by atoms with Gasteiger partial charge >= 0.3 is 0 Å². The Hall–Kier alpha value is -0.120. The zero-order valence-corrected chi connectivity index (χ0v) is 11.8. The first-order valence-electron chi connectivity index (χ1n) is 7.61. The lowest BCUT2D eigenvalue weighted by Gasteiger charge is -2.43. The van der Waals surface area contributed by atoms with Gasteiger partial charge in [-0.25, -0.2) is 0 Å². The second kappa shape index (κ2) is 6.36. The SMILES string of the molecule is CC1CCC(CO)(CN2CCCC(CO)C2)CC1. The second-order valence-electron chi connectivity index (χ2n) is 6.77. The monoisotopic (exact) mass is 255 g/mol. The van der Waals surface area contributed by atoms with Crippen LogP contribution in [0.5, 0.6) is 0 Å². The molecule has 3 heteroatoms. The fourth-order valence-corrected chi connectivity index (χ4v) is 3.66. The minimum Gasteiger partial charge on any atom is -0.396 e. The summed E-state index contributed by atoms with van der Waals surface area (Å²) in [6.45, 7) is 6.18. The number of aliphatic hydroxyl groups is 2. The van der Waals surface area contributed by atoms with E-state index in [9.17, 15) is 10.2 Å². The molecule has 0 aromatic rings. The van der Waals surface area contributed by atoms with Gasteiger partial charge in [0.05, 0.1) is 0 Å². The Labute approximate surface area is 111 Å². The molecule has 0 spiro atoms. The lowest BCUT2D eigenvalue weighted by Crippen LogP contribution is -2.46. The van der Waals surface area contributed by atoms with Gasteiger partial charge in [-0.1, -0.05) is 19.8 Å². The van der Waals surface area contributed by atoms with Gasteiger partial charge in [-0.2, -0.15) is 0 Å². The average molecular weight is 255 g/mol. The normalized spacial score (nSPS) is 38.8. The number of hydrogen-bond acceptors (Lipinski definition) is 3. The third-order valence-electron chi connectivity index (χ3n) is 5.09. The standard InChI is InChI=1S/C15H29NO2/c1-13-4-6-15(12-18,7-5-13)11-16-8-2-3-14(9-16)10-17/h13-14,17-18H,2-12H2,1H3. The van der Waals surface area contributed by atoms with Crippen molar-refractivity contribution in [1.82, 2.24) is 4.90 Å². The van der Waals surface area contributed by atoms with Gasteiger partial charge in [0.1, 0.15) is 0 Å². The van der Waals surface area contributed by atoms with Crippen LogP contribution in [0.25, 0.3) is 0 Å². The van der Waals surface area contributed by atoms with Crippen LogP contribution in [0.3, 0.4) is 0 Å². The van der Waals surface area contributed by atoms with E-state index in [-0.39, 0.29) is 5.41 Å². The molecule has 0 amide bonds. The number of aliphatic hydroxyl groups excluding tert-OH is 2. The average Bonchev–Trinajstić information content (AvgIpc) is 2.42. The highest BCUT2D eigenvalue weighted by atomic mass is 16.3. The van der Waals surface area contributed by atoms with Gasteiger partial charge in [-0.3, -0.25) is 0 Å². The quantitative estimate of drug-likeness (QED) is 0.806. The maximum Gasteiger partial charge on any atom is 0.0499 e. The Kier molecular flexibility index (Phi) is 5.05. The van der Waals surface area contributed by atoms with Crippen LogP contribution >= 0.6 is 0 Å². The van der Waals surface area contributed by atoms with E-state index in [2.05, 4.69) is 11.8 Å². The molecule has 18 heavy (non-hydrogen) atoms. The molecular formula is C15H29NO2. The smallest absolute Gasteiger partial charge is 0.0499 e. The summed E-state index contributed by atoms with van der Waals surface area (Å²) >= 11 is 0. The van der Waals surface area contributed by atoms with E-state index in [1.807, 2.05) is 0 Å². The summed E-state index contributed by atoms with van der Waals surface area (Å²) in [5, 5.41) is 19.1. The molecule has 1 saturated carbocycles. The van der Waals surface area contributed by atoms with E-state index >= 15 is 0 Å². The Morgan fingerprint density at radius 2 is 1.89 bits per heavy atom. The summed E-state index contributed by atoms with van der Waals surface area (Å²) in [4.78, 5) is 2.48. The van der Waals surface area contributed by atoms with Crippen molar-refractivity contribution in [3.63, 3.8) is 0 Å². The first kappa shape index (κ1) is 14.3. The zero-order chi connectivity index (χ0) is 13.0. The molecule has 1 aliphatic carbocycles. The van der Waals surface area contributed by atoms with Gasteiger partial charge in [0.15, 0.2) is 0 Å². The summed E-state index contributed by atoms with van der Waals surface area (Å²) in [6.07, 6.45) is 7.23. The lowest BCUT2D eigenvalue weighted by molar-refractivity contribution is 0.0109. The molecule has 3 nitrogen and oxygen atoms in total. The summed E-state index contributed by atoms with van der Waals surface area (Å²) in [7, 11) is 0. The summed E-state index contributed by atoms with van der Waals surface area (Å²) in [5.74, 6) is 1.29. The second-order valence-corrected chi connectivity index (χ2v) is 6.77. The Morgan fingerprint density at radius 3 is 2.50 bits per heavy atom. The first-order valence-corrected chi connectivity index (χ1v) is 7.61. The van der Waals surface area contributed by atoms with Crippen molar-refractivity contribution in [2.75, 3.05) is 32.8 Å². The van der Waals surface area contributed by atoms with Crippen LogP contribution in [0.15, 0.2) is 0 Å². The van der Waals surface area contributed by atoms with Crippen molar-refractivity contribution in [2.45, 2.75) is 45.4 Å². The highest BCUT2D eigenvalue weighted by molar-refractivity contribution is 4.88. The van der Waals surface area contributed by atoms with E-state index in [0.717, 1.165) is 32.0 Å². The minimum atomic E-state index is 0.143. The van der Waals surface area contributed by atoms with Crippen molar-refractivity contribution in [2.24, 2.45) is 17.3 Å². The van der Waals surface area contributed by atoms with Crippen molar-refractivity contribution < 1.29 is 10.2 Å². The fraction of sp³-hybridized carbons (Fsp3) is 1.00. The van der Waals surface area contributed by atoms with Crippen LogP contribution in [0.1, 0.15) is 45.4 Å². The number of piperidine rings is 1. The highest BCUT2D eigenvalue weighted by Gasteiger charge is 2.36. The van der Waals surface area contributed by atoms with Crippen molar-refractivity contribution in [3.05, 3.63) is 0 Å². The molecule has 2 aliphatic rings. The van der Waals surface area contributed by atoms with Crippen LogP contribution in [0.2, 0.25) is 0 Å². The van der Waals surface area contributed by atoms with E-state index in [4.69, 9.17) is 0 Å². The van der Waals surface area contributed by atoms with Gasteiger partial charge in [-0.15, -0.1) is 0 Å². The molecule has 1 atom stereocenters. The summed E-state index contributed by atoms with van der Waals surface area (Å²) in [5.41, 5.74) is 0.143. The molecule has 0 aromatic carbocycles. The van der Waals surface area contributed by atoms with Crippen LogP contribution in [-0.2, 0) is 0 Å². The van der Waals surface area contributed by atoms with E-state index in [0.29, 0.717) is 19.1 Å². The van der Waals surface area contributed by atoms with Crippen molar-refractivity contribution >= 4 is 0 Å². The van der Waals surface area contributed by atoms with E-state index < -0.39 is 0 Å². The Bertz CT molecular complexity index is 249. The molecule has 0 aromatic heterocycles. The van der Waals surface area contributed by atoms with Gasteiger partial charge in [0.2, 0.25) is 0 Å². The van der Waals surface area contributed by atoms with Gasteiger partial charge in [-0.05, 0) is 44.1 Å².